The summed E-state index contributed by atoms with van der Waals surface area (Å²) in [6, 6.07) is 3.99. The average molecular weight is 274 g/mol. The lowest BCUT2D eigenvalue weighted by Crippen LogP contribution is -2.16. The second-order valence-electron chi connectivity index (χ2n) is 3.58. The number of nitro groups is 1. The summed E-state index contributed by atoms with van der Waals surface area (Å²) in [7, 11) is -1.96. The molecule has 18 heavy (non-hydrogen) atoms. The fourth-order valence-corrected chi connectivity index (χ4v) is 2.21. The monoisotopic (exact) mass is 274 g/mol. The Balaban J connectivity index is 3.23. The smallest absolute Gasteiger partial charge is 0.329 e. The fraction of sp³-hybridized carbons (Fsp3) is 0.400. The van der Waals surface area contributed by atoms with E-state index in [0.29, 0.717) is 6.54 Å². The van der Waals surface area contributed by atoms with E-state index in [1.807, 2.05) is 0 Å². The van der Waals surface area contributed by atoms with Crippen molar-refractivity contribution in [2.75, 3.05) is 26.5 Å². The SMILES string of the molecule is CNCCOc1cccc(S(C)(=O)=O)c1[N+](=O)[O-]. The van der Waals surface area contributed by atoms with E-state index in [1.54, 1.807) is 7.05 Å². The summed E-state index contributed by atoms with van der Waals surface area (Å²) in [6.45, 7) is 0.713. The van der Waals surface area contributed by atoms with Gasteiger partial charge >= 0.3 is 5.69 Å². The maximum Gasteiger partial charge on any atom is 0.329 e. The van der Waals surface area contributed by atoms with Crippen LogP contribution in [0.5, 0.6) is 5.75 Å². The van der Waals surface area contributed by atoms with Crippen LogP contribution in [-0.2, 0) is 9.84 Å². The Hall–Kier alpha value is -1.67. The summed E-state index contributed by atoms with van der Waals surface area (Å²) in [6.07, 6.45) is 0.923. The van der Waals surface area contributed by atoms with Gasteiger partial charge in [0.25, 0.3) is 0 Å². The highest BCUT2D eigenvalue weighted by molar-refractivity contribution is 7.90. The quantitative estimate of drug-likeness (QED) is 0.463. The van der Waals surface area contributed by atoms with Crippen LogP contribution < -0.4 is 10.1 Å². The molecule has 0 heterocycles. The third-order valence-electron chi connectivity index (χ3n) is 2.15. The van der Waals surface area contributed by atoms with Crippen molar-refractivity contribution in [3.63, 3.8) is 0 Å². The zero-order valence-corrected chi connectivity index (χ0v) is 10.9. The van der Waals surface area contributed by atoms with Crippen LogP contribution in [0.2, 0.25) is 0 Å². The predicted molar refractivity (Wildman–Crippen MR) is 65.6 cm³/mol. The molecule has 0 saturated carbocycles. The number of benzene rings is 1. The lowest BCUT2D eigenvalue weighted by Gasteiger charge is -2.08. The average Bonchev–Trinajstić information content (AvgIpc) is 2.27. The highest BCUT2D eigenvalue weighted by Gasteiger charge is 2.26. The normalized spacial score (nSPS) is 11.2. The van der Waals surface area contributed by atoms with Crippen molar-refractivity contribution in [3.8, 4) is 5.75 Å². The van der Waals surface area contributed by atoms with E-state index in [0.717, 1.165) is 6.26 Å². The highest BCUT2D eigenvalue weighted by Crippen LogP contribution is 2.33. The number of para-hydroxylation sites is 1. The molecule has 7 nitrogen and oxygen atoms in total. The van der Waals surface area contributed by atoms with Crippen molar-refractivity contribution in [3.05, 3.63) is 28.3 Å². The minimum atomic E-state index is -3.67. The van der Waals surface area contributed by atoms with Gasteiger partial charge in [0.1, 0.15) is 11.5 Å². The summed E-state index contributed by atoms with van der Waals surface area (Å²) in [4.78, 5) is 9.88. The van der Waals surface area contributed by atoms with Crippen LogP contribution in [0.3, 0.4) is 0 Å². The first-order valence-electron chi connectivity index (χ1n) is 5.12. The second kappa shape index (κ2) is 5.78. The molecule has 0 bridgehead atoms. The summed E-state index contributed by atoms with van der Waals surface area (Å²) < 4.78 is 28.1. The van der Waals surface area contributed by atoms with Crippen LogP contribution in [0, 0.1) is 10.1 Å². The largest absolute Gasteiger partial charge is 0.485 e. The van der Waals surface area contributed by atoms with Gasteiger partial charge in [0.05, 0.1) is 4.92 Å². The van der Waals surface area contributed by atoms with Crippen LogP contribution in [0.4, 0.5) is 5.69 Å². The number of hydrogen-bond donors (Lipinski definition) is 1. The number of sulfone groups is 1. The standard InChI is InChI=1S/C10H14N2O5S/c1-11-6-7-17-8-4-3-5-9(18(2,15)16)10(8)12(13)14/h3-5,11H,6-7H2,1-2H3. The van der Waals surface area contributed by atoms with E-state index in [9.17, 15) is 18.5 Å². The first-order chi connectivity index (χ1) is 8.38. The zero-order valence-electron chi connectivity index (χ0n) is 10.0. The molecule has 0 fully saturated rings. The molecule has 0 aromatic heterocycles. The van der Waals surface area contributed by atoms with E-state index in [1.165, 1.54) is 18.2 Å². The maximum absolute atomic E-state index is 11.5. The molecule has 1 rings (SSSR count). The van der Waals surface area contributed by atoms with Gasteiger partial charge in [-0.25, -0.2) is 8.42 Å². The minimum Gasteiger partial charge on any atom is -0.485 e. The Morgan fingerprint density at radius 3 is 2.61 bits per heavy atom. The molecule has 0 aliphatic carbocycles. The first kappa shape index (κ1) is 14.4. The van der Waals surface area contributed by atoms with E-state index >= 15 is 0 Å². The van der Waals surface area contributed by atoms with Crippen molar-refractivity contribution in [2.24, 2.45) is 0 Å². The lowest BCUT2D eigenvalue weighted by atomic mass is 10.3. The van der Waals surface area contributed by atoms with Crippen LogP contribution in [0.25, 0.3) is 0 Å². The number of ether oxygens (including phenoxy) is 1. The molecule has 0 saturated heterocycles. The van der Waals surface area contributed by atoms with Gasteiger partial charge in [-0.1, -0.05) is 6.07 Å². The van der Waals surface area contributed by atoms with Gasteiger partial charge in [0.15, 0.2) is 15.6 Å². The molecule has 1 aromatic rings. The van der Waals surface area contributed by atoms with Gasteiger partial charge < -0.3 is 10.1 Å². The Kier molecular flexibility index (Phi) is 4.62. The Labute approximate surface area is 105 Å². The van der Waals surface area contributed by atoms with Crippen molar-refractivity contribution in [1.82, 2.24) is 5.32 Å². The molecule has 0 spiro atoms. The van der Waals surface area contributed by atoms with Gasteiger partial charge in [-0.15, -0.1) is 0 Å². The minimum absolute atomic E-state index is 0.0434. The maximum atomic E-state index is 11.5. The molecule has 8 heteroatoms. The second-order valence-corrected chi connectivity index (χ2v) is 5.57. The number of nitrogens with zero attached hydrogens (tertiary/aromatic N) is 1. The molecular formula is C10H14N2O5S. The van der Waals surface area contributed by atoms with Crippen molar-refractivity contribution < 1.29 is 18.1 Å². The van der Waals surface area contributed by atoms with E-state index in [-0.39, 0.29) is 17.3 Å². The Bertz CT molecular complexity index is 541. The van der Waals surface area contributed by atoms with E-state index in [4.69, 9.17) is 4.74 Å². The zero-order chi connectivity index (χ0) is 13.8. The van der Waals surface area contributed by atoms with Crippen LogP contribution in [0.1, 0.15) is 0 Å². The Morgan fingerprint density at radius 1 is 1.44 bits per heavy atom. The molecule has 0 aliphatic rings. The van der Waals surface area contributed by atoms with Crippen molar-refractivity contribution >= 4 is 15.5 Å². The summed E-state index contributed by atoms with van der Waals surface area (Å²) >= 11 is 0. The topological polar surface area (TPSA) is 98.5 Å². The third-order valence-corrected chi connectivity index (χ3v) is 3.28. The Morgan fingerprint density at radius 2 is 2.11 bits per heavy atom. The summed E-state index contributed by atoms with van der Waals surface area (Å²) in [5, 5.41) is 13.8. The molecule has 0 amide bonds. The third kappa shape index (κ3) is 3.41. The number of nitrogens with one attached hydrogen (secondary N) is 1. The molecule has 1 aromatic carbocycles. The van der Waals surface area contributed by atoms with Gasteiger partial charge in [-0.3, -0.25) is 10.1 Å². The predicted octanol–water partition coefficient (Wildman–Crippen LogP) is 0.597. The number of nitro benzene ring substituents is 1. The number of rotatable bonds is 6. The van der Waals surface area contributed by atoms with Crippen LogP contribution in [0.15, 0.2) is 23.1 Å². The molecule has 1 N–H and O–H groups in total. The summed E-state index contributed by atoms with van der Waals surface area (Å²) in [5.74, 6) is -0.0434. The summed E-state index contributed by atoms with van der Waals surface area (Å²) in [5.41, 5.74) is -0.517. The van der Waals surface area contributed by atoms with Gasteiger partial charge in [0.2, 0.25) is 0 Å². The fourth-order valence-electron chi connectivity index (χ4n) is 1.36. The van der Waals surface area contributed by atoms with Gasteiger partial charge in [-0.2, -0.15) is 0 Å². The lowest BCUT2D eigenvalue weighted by molar-refractivity contribution is -0.388. The van der Waals surface area contributed by atoms with Crippen molar-refractivity contribution in [2.45, 2.75) is 4.90 Å². The number of likely N-dealkylation sites (N-methyl/N-ethyl adjacent to an activating group) is 1. The van der Waals surface area contributed by atoms with Gasteiger partial charge in [0, 0.05) is 12.8 Å². The highest BCUT2D eigenvalue weighted by atomic mass is 32.2. The van der Waals surface area contributed by atoms with Gasteiger partial charge in [-0.05, 0) is 19.2 Å². The van der Waals surface area contributed by atoms with E-state index < -0.39 is 20.4 Å². The van der Waals surface area contributed by atoms with Crippen LogP contribution in [-0.4, -0.2) is 39.8 Å². The van der Waals surface area contributed by atoms with E-state index in [2.05, 4.69) is 5.32 Å². The molecular weight excluding hydrogens is 260 g/mol. The molecule has 0 radical (unpaired) electrons. The molecule has 0 aliphatic heterocycles. The van der Waals surface area contributed by atoms with Crippen molar-refractivity contribution in [1.29, 1.82) is 0 Å². The molecule has 0 unspecified atom stereocenters. The first-order valence-corrected chi connectivity index (χ1v) is 7.02. The molecule has 100 valence electrons. The molecule has 0 atom stereocenters. The van der Waals surface area contributed by atoms with Crippen LogP contribution >= 0.6 is 0 Å². The number of hydrogen-bond acceptors (Lipinski definition) is 6.